The van der Waals surface area contributed by atoms with E-state index in [-0.39, 0.29) is 0 Å². The van der Waals surface area contributed by atoms with Crippen LogP contribution in [0.5, 0.6) is 0 Å². The lowest BCUT2D eigenvalue weighted by molar-refractivity contribution is -0.967. The fourth-order valence-electron chi connectivity index (χ4n) is 3.34. The lowest BCUT2D eigenvalue weighted by Crippen LogP contribution is -2.58. The van der Waals surface area contributed by atoms with E-state index in [0.717, 1.165) is 13.2 Å². The van der Waals surface area contributed by atoms with E-state index in [1.165, 1.54) is 80.3 Å². The summed E-state index contributed by atoms with van der Waals surface area (Å²) in [6, 6.07) is 0. The molecular formula is C15H32N2O+2. The number of hydrogen-bond acceptors (Lipinski definition) is 1. The van der Waals surface area contributed by atoms with Gasteiger partial charge in [-0.05, 0) is 25.7 Å². The van der Waals surface area contributed by atoms with Gasteiger partial charge in [0, 0.05) is 0 Å². The number of nitrogens with zero attached hydrogens (tertiary/aromatic N) is 2. The van der Waals surface area contributed by atoms with Crippen molar-refractivity contribution < 1.29 is 13.7 Å². The van der Waals surface area contributed by atoms with Crippen LogP contribution in [0.3, 0.4) is 0 Å². The first-order valence-corrected chi connectivity index (χ1v) is 7.87. The lowest BCUT2D eigenvalue weighted by Gasteiger charge is -2.42. The maximum atomic E-state index is 5.50. The normalized spacial score (nSPS) is 28.3. The van der Waals surface area contributed by atoms with E-state index in [1.54, 1.807) is 0 Å². The summed E-state index contributed by atoms with van der Waals surface area (Å²) in [4.78, 5) is 0. The first-order chi connectivity index (χ1) is 8.62. The first-order valence-electron chi connectivity index (χ1n) is 7.87. The van der Waals surface area contributed by atoms with E-state index in [9.17, 15) is 0 Å². The number of likely N-dealkylation sites (tertiary alicyclic amines) is 1. The Balaban J connectivity index is 1.82. The van der Waals surface area contributed by atoms with E-state index >= 15 is 0 Å². The van der Waals surface area contributed by atoms with Crippen molar-refractivity contribution in [3.63, 3.8) is 0 Å². The SMILES string of the molecule is C[N+]1(CC[N+]2(C)CCOCC2)CCCCCCC1. The van der Waals surface area contributed by atoms with Gasteiger partial charge in [0.25, 0.3) is 0 Å². The Hall–Kier alpha value is -0.120. The molecule has 2 fully saturated rings. The molecule has 2 heterocycles. The second-order valence-corrected chi connectivity index (χ2v) is 6.96. The van der Waals surface area contributed by atoms with Crippen molar-refractivity contribution in [1.29, 1.82) is 0 Å². The molecule has 0 spiro atoms. The van der Waals surface area contributed by atoms with Gasteiger partial charge in [-0.1, -0.05) is 6.42 Å². The first kappa shape index (κ1) is 14.3. The quantitative estimate of drug-likeness (QED) is 0.701. The van der Waals surface area contributed by atoms with Gasteiger partial charge in [-0.25, -0.2) is 0 Å². The zero-order valence-electron chi connectivity index (χ0n) is 12.5. The van der Waals surface area contributed by atoms with Crippen LogP contribution in [0.1, 0.15) is 32.1 Å². The second-order valence-electron chi connectivity index (χ2n) is 6.96. The van der Waals surface area contributed by atoms with Crippen LogP contribution in [-0.4, -0.2) is 75.5 Å². The van der Waals surface area contributed by atoms with Crippen molar-refractivity contribution in [3.05, 3.63) is 0 Å². The minimum Gasteiger partial charge on any atom is -0.370 e. The Morgan fingerprint density at radius 3 is 1.67 bits per heavy atom. The van der Waals surface area contributed by atoms with Gasteiger partial charge in [-0.15, -0.1) is 0 Å². The largest absolute Gasteiger partial charge is 0.370 e. The predicted molar refractivity (Wildman–Crippen MR) is 75.5 cm³/mol. The van der Waals surface area contributed by atoms with E-state index in [2.05, 4.69) is 14.1 Å². The molecular weight excluding hydrogens is 224 g/mol. The Labute approximate surface area is 113 Å². The molecule has 2 aliphatic rings. The number of hydrogen-bond donors (Lipinski definition) is 0. The third-order valence-electron chi connectivity index (χ3n) is 5.13. The van der Waals surface area contributed by atoms with Crippen LogP contribution >= 0.6 is 0 Å². The second kappa shape index (κ2) is 6.36. The van der Waals surface area contributed by atoms with E-state index in [4.69, 9.17) is 4.74 Å². The third kappa shape index (κ3) is 4.22. The van der Waals surface area contributed by atoms with Crippen LogP contribution in [0, 0.1) is 0 Å². The van der Waals surface area contributed by atoms with Gasteiger partial charge in [0.15, 0.2) is 0 Å². The van der Waals surface area contributed by atoms with Crippen LogP contribution in [0.15, 0.2) is 0 Å². The Morgan fingerprint density at radius 1 is 0.667 bits per heavy atom. The average molecular weight is 256 g/mol. The van der Waals surface area contributed by atoms with Gasteiger partial charge in [0.1, 0.15) is 26.2 Å². The average Bonchev–Trinajstić information content (AvgIpc) is 2.34. The Kier molecular flexibility index (Phi) is 5.05. The maximum absolute atomic E-state index is 5.50. The molecule has 2 rings (SSSR count). The molecule has 0 aromatic carbocycles. The molecule has 0 aliphatic carbocycles. The molecule has 2 saturated heterocycles. The van der Waals surface area contributed by atoms with Crippen molar-refractivity contribution >= 4 is 0 Å². The summed E-state index contributed by atoms with van der Waals surface area (Å²) in [6.45, 7) is 9.82. The number of quaternary nitrogens is 2. The fourth-order valence-corrected chi connectivity index (χ4v) is 3.34. The fraction of sp³-hybridized carbons (Fsp3) is 1.00. The van der Waals surface area contributed by atoms with Crippen LogP contribution in [0.2, 0.25) is 0 Å². The topological polar surface area (TPSA) is 9.23 Å². The molecule has 0 radical (unpaired) electrons. The standard InChI is InChI=1S/C15H32N2O/c1-16(8-6-4-3-5-7-9-16)10-11-17(2)12-14-18-15-13-17/h3-15H2,1-2H3/q+2. The molecule has 2 aliphatic heterocycles. The van der Waals surface area contributed by atoms with E-state index in [0.29, 0.717) is 0 Å². The molecule has 0 aromatic rings. The highest BCUT2D eigenvalue weighted by Gasteiger charge is 2.30. The molecule has 0 atom stereocenters. The van der Waals surface area contributed by atoms with Crippen molar-refractivity contribution in [2.24, 2.45) is 0 Å². The summed E-state index contributed by atoms with van der Waals surface area (Å²) in [5.41, 5.74) is 0. The summed E-state index contributed by atoms with van der Waals surface area (Å²) >= 11 is 0. The maximum Gasteiger partial charge on any atom is 0.128 e. The van der Waals surface area contributed by atoms with Gasteiger partial charge in [0.05, 0.1) is 40.4 Å². The predicted octanol–water partition coefficient (Wildman–Crippen LogP) is 1.87. The molecule has 0 bridgehead atoms. The molecule has 0 saturated carbocycles. The minimum atomic E-state index is 0.959. The monoisotopic (exact) mass is 256 g/mol. The highest BCUT2D eigenvalue weighted by atomic mass is 16.5. The third-order valence-corrected chi connectivity index (χ3v) is 5.13. The van der Waals surface area contributed by atoms with Crippen LogP contribution in [-0.2, 0) is 4.74 Å². The summed E-state index contributed by atoms with van der Waals surface area (Å²) < 4.78 is 8.04. The summed E-state index contributed by atoms with van der Waals surface area (Å²) in [5.74, 6) is 0. The molecule has 3 heteroatoms. The van der Waals surface area contributed by atoms with Gasteiger partial charge in [-0.3, -0.25) is 0 Å². The van der Waals surface area contributed by atoms with E-state index < -0.39 is 0 Å². The molecule has 106 valence electrons. The highest BCUT2D eigenvalue weighted by Crippen LogP contribution is 2.17. The summed E-state index contributed by atoms with van der Waals surface area (Å²) in [7, 11) is 4.90. The number of ether oxygens (including phenoxy) is 1. The van der Waals surface area contributed by atoms with Crippen molar-refractivity contribution in [2.45, 2.75) is 32.1 Å². The lowest BCUT2D eigenvalue weighted by atomic mass is 10.1. The van der Waals surface area contributed by atoms with Crippen molar-refractivity contribution in [1.82, 2.24) is 0 Å². The molecule has 0 amide bonds. The van der Waals surface area contributed by atoms with E-state index in [1.807, 2.05) is 0 Å². The molecule has 0 aromatic heterocycles. The van der Waals surface area contributed by atoms with Crippen molar-refractivity contribution in [2.75, 3.05) is 66.6 Å². The van der Waals surface area contributed by atoms with Crippen LogP contribution in [0.4, 0.5) is 0 Å². The molecule has 3 nitrogen and oxygen atoms in total. The van der Waals surface area contributed by atoms with Gasteiger partial charge in [-0.2, -0.15) is 0 Å². The number of likely N-dealkylation sites (N-methyl/N-ethyl adjacent to an activating group) is 2. The summed E-state index contributed by atoms with van der Waals surface area (Å²) in [5, 5.41) is 0. The zero-order valence-corrected chi connectivity index (χ0v) is 12.5. The van der Waals surface area contributed by atoms with Crippen LogP contribution < -0.4 is 0 Å². The molecule has 0 N–H and O–H groups in total. The van der Waals surface area contributed by atoms with Gasteiger partial charge >= 0.3 is 0 Å². The minimum absolute atomic E-state index is 0.959. The number of rotatable bonds is 3. The van der Waals surface area contributed by atoms with Gasteiger partial charge in [0.2, 0.25) is 0 Å². The van der Waals surface area contributed by atoms with Crippen LogP contribution in [0.25, 0.3) is 0 Å². The molecule has 18 heavy (non-hydrogen) atoms. The van der Waals surface area contributed by atoms with Gasteiger partial charge < -0.3 is 13.7 Å². The Morgan fingerprint density at radius 2 is 1.11 bits per heavy atom. The van der Waals surface area contributed by atoms with Crippen molar-refractivity contribution in [3.8, 4) is 0 Å². The highest BCUT2D eigenvalue weighted by molar-refractivity contribution is 4.53. The molecule has 0 unspecified atom stereocenters. The summed E-state index contributed by atoms with van der Waals surface area (Å²) in [6.07, 6.45) is 7.24. The zero-order chi connectivity index (χ0) is 12.9. The smallest absolute Gasteiger partial charge is 0.128 e. The Bertz CT molecular complexity index is 241. The number of morpholine rings is 1.